The highest BCUT2D eigenvalue weighted by Crippen LogP contribution is 2.32. The molecule has 2 rings (SSSR count). The van der Waals surface area contributed by atoms with Gasteiger partial charge in [0, 0.05) is 26.2 Å². The van der Waals surface area contributed by atoms with Crippen molar-refractivity contribution < 1.29 is 9.53 Å². The molecule has 0 aromatic carbocycles. The van der Waals surface area contributed by atoms with Gasteiger partial charge in [0.15, 0.2) is 5.82 Å². The van der Waals surface area contributed by atoms with E-state index in [1.54, 1.807) is 7.11 Å². The van der Waals surface area contributed by atoms with Gasteiger partial charge in [0.05, 0.1) is 6.61 Å². The summed E-state index contributed by atoms with van der Waals surface area (Å²) in [6.07, 6.45) is 2.11. The summed E-state index contributed by atoms with van der Waals surface area (Å²) in [7, 11) is 1.68. The van der Waals surface area contributed by atoms with E-state index in [2.05, 4.69) is 28.4 Å². The van der Waals surface area contributed by atoms with E-state index in [9.17, 15) is 4.79 Å². The third-order valence-electron chi connectivity index (χ3n) is 3.28. The number of nitrogen functional groups attached to an aromatic ring is 1. The number of anilines is 2. The molecule has 0 aliphatic heterocycles. The molecule has 21 heavy (non-hydrogen) atoms. The number of ether oxygens (including phenoxy) is 1. The molecular weight excluding hydrogens is 288 g/mol. The van der Waals surface area contributed by atoms with Crippen molar-refractivity contribution in [3.8, 4) is 0 Å². The molecule has 3 N–H and O–H groups in total. The van der Waals surface area contributed by atoms with Gasteiger partial charge in [0.2, 0.25) is 0 Å². The number of nitrogens with two attached hydrogens (primary N) is 1. The molecule has 1 fully saturated rings. The van der Waals surface area contributed by atoms with Gasteiger partial charge in [-0.25, -0.2) is 0 Å². The molecule has 0 spiro atoms. The molecule has 118 valence electrons. The topological polar surface area (TPSA) is 80.5 Å². The predicted molar refractivity (Wildman–Crippen MR) is 85.9 cm³/mol. The van der Waals surface area contributed by atoms with E-state index in [1.807, 2.05) is 0 Å². The van der Waals surface area contributed by atoms with Gasteiger partial charge in [0.25, 0.3) is 5.91 Å². The minimum absolute atomic E-state index is 0.107. The lowest BCUT2D eigenvalue weighted by Gasteiger charge is -2.25. The Kier molecular flexibility index (Phi) is 5.41. The minimum atomic E-state index is -0.107. The third kappa shape index (κ3) is 4.31. The lowest BCUT2D eigenvalue weighted by atomic mass is 10.2. The molecule has 0 radical (unpaired) electrons. The van der Waals surface area contributed by atoms with Crippen LogP contribution < -0.4 is 16.0 Å². The summed E-state index contributed by atoms with van der Waals surface area (Å²) in [5.41, 5.74) is 6.43. The first-order chi connectivity index (χ1) is 10.0. The van der Waals surface area contributed by atoms with Crippen LogP contribution in [-0.4, -0.2) is 43.1 Å². The summed E-state index contributed by atoms with van der Waals surface area (Å²) in [6.45, 7) is 6.46. The Bertz CT molecular complexity index is 485. The van der Waals surface area contributed by atoms with Gasteiger partial charge in [-0.3, -0.25) is 4.79 Å². The second kappa shape index (κ2) is 7.09. The smallest absolute Gasteiger partial charge is 0.258 e. The zero-order chi connectivity index (χ0) is 15.4. The lowest BCUT2D eigenvalue weighted by Crippen LogP contribution is -2.33. The monoisotopic (exact) mass is 312 g/mol. The summed E-state index contributed by atoms with van der Waals surface area (Å²) >= 11 is 1.29. The van der Waals surface area contributed by atoms with Crippen molar-refractivity contribution in [3.05, 3.63) is 5.56 Å². The molecule has 1 amide bonds. The Morgan fingerprint density at radius 1 is 1.57 bits per heavy atom. The quantitative estimate of drug-likeness (QED) is 0.764. The fourth-order valence-electron chi connectivity index (χ4n) is 2.13. The first-order valence-electron chi connectivity index (χ1n) is 7.32. The first kappa shape index (κ1) is 16.0. The van der Waals surface area contributed by atoms with Crippen molar-refractivity contribution in [2.45, 2.75) is 32.7 Å². The molecule has 1 saturated carbocycles. The molecule has 0 bridgehead atoms. The minimum Gasteiger partial charge on any atom is -0.383 e. The average Bonchev–Trinajstić information content (AvgIpc) is 3.14. The highest BCUT2D eigenvalue weighted by Gasteiger charge is 2.29. The van der Waals surface area contributed by atoms with Crippen LogP contribution in [0.2, 0.25) is 0 Å². The van der Waals surface area contributed by atoms with Crippen LogP contribution in [0.5, 0.6) is 0 Å². The van der Waals surface area contributed by atoms with E-state index in [-0.39, 0.29) is 5.91 Å². The molecular formula is C14H24N4O2S. The number of amides is 1. The van der Waals surface area contributed by atoms with Gasteiger partial charge in [-0.15, -0.1) is 0 Å². The predicted octanol–water partition coefficient (Wildman–Crippen LogP) is 1.73. The van der Waals surface area contributed by atoms with Crippen molar-refractivity contribution in [1.82, 2.24) is 9.69 Å². The molecule has 1 aliphatic carbocycles. The second-order valence-corrected chi connectivity index (χ2v) is 6.58. The molecule has 6 nitrogen and oxygen atoms in total. The zero-order valence-corrected chi connectivity index (χ0v) is 13.7. The number of nitrogens with one attached hydrogen (secondary N) is 1. The Labute approximate surface area is 129 Å². The molecule has 1 aromatic heterocycles. The summed E-state index contributed by atoms with van der Waals surface area (Å²) in [6, 6.07) is 0.308. The Morgan fingerprint density at radius 2 is 2.29 bits per heavy atom. The number of carbonyl (C=O) groups excluding carboxylic acids is 1. The maximum Gasteiger partial charge on any atom is 0.258 e. The van der Waals surface area contributed by atoms with Gasteiger partial charge in [0.1, 0.15) is 10.6 Å². The number of aromatic nitrogens is 1. The first-order valence-corrected chi connectivity index (χ1v) is 8.10. The van der Waals surface area contributed by atoms with Crippen molar-refractivity contribution >= 4 is 28.3 Å². The maximum absolute atomic E-state index is 12.4. The van der Waals surface area contributed by atoms with Gasteiger partial charge < -0.3 is 20.7 Å². The van der Waals surface area contributed by atoms with Crippen LogP contribution in [0.25, 0.3) is 0 Å². The Balaban J connectivity index is 2.19. The molecule has 0 saturated heterocycles. The largest absolute Gasteiger partial charge is 0.383 e. The molecule has 1 aromatic rings. The molecule has 0 atom stereocenters. The van der Waals surface area contributed by atoms with Crippen LogP contribution >= 0.6 is 11.5 Å². The Morgan fingerprint density at radius 3 is 2.86 bits per heavy atom. The van der Waals surface area contributed by atoms with Crippen molar-refractivity contribution in [3.63, 3.8) is 0 Å². The number of hydrogen-bond acceptors (Lipinski definition) is 6. The standard InChI is InChI=1S/C14H24N4O2S/c1-9(2)8-18(6-7-20-3)14-11(12(15)17-21-14)13(19)16-10-4-5-10/h9-10H,4-8H2,1-3H3,(H2,15,17)(H,16,19). The van der Waals surface area contributed by atoms with Crippen LogP contribution in [0.15, 0.2) is 0 Å². The maximum atomic E-state index is 12.4. The highest BCUT2D eigenvalue weighted by atomic mass is 32.1. The van der Waals surface area contributed by atoms with E-state index < -0.39 is 0 Å². The summed E-state index contributed by atoms with van der Waals surface area (Å²) in [5, 5.41) is 3.84. The number of methoxy groups -OCH3 is 1. The third-order valence-corrected chi connectivity index (χ3v) is 4.20. The second-order valence-electron chi connectivity index (χ2n) is 5.83. The van der Waals surface area contributed by atoms with E-state index in [0.717, 1.165) is 30.9 Å². The number of hydrogen-bond donors (Lipinski definition) is 2. The van der Waals surface area contributed by atoms with Crippen LogP contribution in [0.3, 0.4) is 0 Å². The molecule has 1 aliphatic rings. The highest BCUT2D eigenvalue weighted by molar-refractivity contribution is 7.11. The summed E-state index contributed by atoms with van der Waals surface area (Å²) < 4.78 is 9.35. The average molecular weight is 312 g/mol. The summed E-state index contributed by atoms with van der Waals surface area (Å²) in [5.74, 6) is 0.689. The van der Waals surface area contributed by atoms with E-state index in [1.165, 1.54) is 11.5 Å². The number of rotatable bonds is 8. The van der Waals surface area contributed by atoms with Crippen LogP contribution in [0, 0.1) is 5.92 Å². The van der Waals surface area contributed by atoms with Gasteiger partial charge in [-0.05, 0) is 30.3 Å². The van der Waals surface area contributed by atoms with E-state index >= 15 is 0 Å². The van der Waals surface area contributed by atoms with Crippen molar-refractivity contribution in [1.29, 1.82) is 0 Å². The van der Waals surface area contributed by atoms with Gasteiger partial charge in [-0.1, -0.05) is 13.8 Å². The fourth-order valence-corrected chi connectivity index (χ4v) is 2.97. The number of carbonyl (C=O) groups is 1. The van der Waals surface area contributed by atoms with Crippen LogP contribution in [-0.2, 0) is 4.74 Å². The molecule has 0 unspecified atom stereocenters. The summed E-state index contributed by atoms with van der Waals surface area (Å²) in [4.78, 5) is 14.5. The fraction of sp³-hybridized carbons (Fsp3) is 0.714. The molecule has 1 heterocycles. The Hall–Kier alpha value is -1.34. The van der Waals surface area contributed by atoms with E-state index in [4.69, 9.17) is 10.5 Å². The normalized spacial score (nSPS) is 14.5. The molecule has 7 heteroatoms. The SMILES string of the molecule is COCCN(CC(C)C)c1snc(N)c1C(=O)NC1CC1. The van der Waals surface area contributed by atoms with Crippen molar-refractivity contribution in [2.24, 2.45) is 5.92 Å². The van der Waals surface area contributed by atoms with Crippen LogP contribution in [0.1, 0.15) is 37.0 Å². The van der Waals surface area contributed by atoms with Crippen molar-refractivity contribution in [2.75, 3.05) is 37.4 Å². The lowest BCUT2D eigenvalue weighted by molar-refractivity contribution is 0.0952. The number of nitrogens with zero attached hydrogens (tertiary/aromatic N) is 2. The zero-order valence-electron chi connectivity index (χ0n) is 12.9. The van der Waals surface area contributed by atoms with Gasteiger partial charge >= 0.3 is 0 Å². The van der Waals surface area contributed by atoms with E-state index in [0.29, 0.717) is 29.9 Å². The van der Waals surface area contributed by atoms with Gasteiger partial charge in [-0.2, -0.15) is 4.37 Å². The van der Waals surface area contributed by atoms with Crippen LogP contribution in [0.4, 0.5) is 10.8 Å².